The van der Waals surface area contributed by atoms with Crippen molar-refractivity contribution in [2.45, 2.75) is 12.6 Å². The Morgan fingerprint density at radius 3 is 2.82 bits per heavy atom. The summed E-state index contributed by atoms with van der Waals surface area (Å²) in [5.74, 6) is -1.47. The highest BCUT2D eigenvalue weighted by Crippen LogP contribution is 2.39. The summed E-state index contributed by atoms with van der Waals surface area (Å²) in [6, 6.07) is 13.3. The van der Waals surface area contributed by atoms with Gasteiger partial charge in [-0.15, -0.1) is 22.7 Å². The molecule has 0 radical (unpaired) electrons. The highest BCUT2D eigenvalue weighted by molar-refractivity contribution is 7.20. The standard InChI is InChI=1S/C23H16FN3O4S2/c24-14-10-13(22-26-16-8-12(9-20(28)29)3-6-18(16)31-22)4-5-15(14)25-21(30)17-11-33-23(27-17)19-2-1-7-32-19/h1-8,10-11,22,26H,9H2,(H,25,30)(H,28,29). The van der Waals surface area contributed by atoms with E-state index < -0.39 is 23.9 Å². The molecule has 0 bridgehead atoms. The van der Waals surface area contributed by atoms with Crippen molar-refractivity contribution in [1.82, 2.24) is 4.98 Å². The topological polar surface area (TPSA) is 101 Å². The molecule has 2 aromatic carbocycles. The number of aliphatic carboxylic acids is 1. The van der Waals surface area contributed by atoms with E-state index in [0.29, 0.717) is 22.6 Å². The van der Waals surface area contributed by atoms with Gasteiger partial charge in [-0.2, -0.15) is 0 Å². The van der Waals surface area contributed by atoms with E-state index in [9.17, 15) is 14.0 Å². The van der Waals surface area contributed by atoms with Gasteiger partial charge in [-0.25, -0.2) is 9.37 Å². The summed E-state index contributed by atoms with van der Waals surface area (Å²) in [5, 5.41) is 18.9. The van der Waals surface area contributed by atoms with Crippen LogP contribution < -0.4 is 15.4 Å². The van der Waals surface area contributed by atoms with Crippen molar-refractivity contribution >= 4 is 45.9 Å². The highest BCUT2D eigenvalue weighted by Gasteiger charge is 2.25. The number of thiophene rings is 1. The van der Waals surface area contributed by atoms with Gasteiger partial charge in [0.1, 0.15) is 22.3 Å². The molecule has 4 aromatic rings. The van der Waals surface area contributed by atoms with Crippen LogP contribution in [0.2, 0.25) is 0 Å². The van der Waals surface area contributed by atoms with Crippen LogP contribution in [0.3, 0.4) is 0 Å². The fourth-order valence-corrected chi connectivity index (χ4v) is 5.01. The Balaban J connectivity index is 1.28. The average molecular weight is 482 g/mol. The number of anilines is 2. The summed E-state index contributed by atoms with van der Waals surface area (Å²) >= 11 is 2.89. The number of aromatic nitrogens is 1. The van der Waals surface area contributed by atoms with Crippen molar-refractivity contribution < 1.29 is 23.8 Å². The number of carbonyl (C=O) groups excluding carboxylic acids is 1. The highest BCUT2D eigenvalue weighted by atomic mass is 32.1. The van der Waals surface area contributed by atoms with Gasteiger partial charge in [-0.1, -0.05) is 18.2 Å². The minimum Gasteiger partial charge on any atom is -0.481 e. The number of ether oxygens (including phenoxy) is 1. The van der Waals surface area contributed by atoms with E-state index in [2.05, 4.69) is 15.6 Å². The van der Waals surface area contributed by atoms with Gasteiger partial charge in [-0.05, 0) is 41.3 Å². The molecule has 1 amide bonds. The minimum absolute atomic E-state index is 0.0358. The second-order valence-corrected chi connectivity index (χ2v) is 9.06. The van der Waals surface area contributed by atoms with Gasteiger partial charge in [0, 0.05) is 10.9 Å². The molecule has 0 saturated carbocycles. The van der Waals surface area contributed by atoms with Crippen molar-refractivity contribution in [2.24, 2.45) is 0 Å². The number of hydrogen-bond acceptors (Lipinski definition) is 7. The molecule has 0 spiro atoms. The molecular formula is C23H16FN3O4S2. The maximum Gasteiger partial charge on any atom is 0.307 e. The van der Waals surface area contributed by atoms with E-state index in [1.54, 1.807) is 29.6 Å². The Morgan fingerprint density at radius 1 is 1.18 bits per heavy atom. The number of carbonyl (C=O) groups is 2. The first kappa shape index (κ1) is 21.1. The maximum atomic E-state index is 14.8. The summed E-state index contributed by atoms with van der Waals surface area (Å²) in [5.41, 5.74) is 2.05. The van der Waals surface area contributed by atoms with E-state index in [0.717, 1.165) is 9.88 Å². The Kier molecular flexibility index (Phi) is 5.53. The average Bonchev–Trinajstić information content (AvgIpc) is 3.54. The van der Waals surface area contributed by atoms with Crippen molar-refractivity contribution in [3.05, 3.63) is 81.9 Å². The molecule has 3 heterocycles. The molecule has 33 heavy (non-hydrogen) atoms. The molecule has 1 aliphatic heterocycles. The van der Waals surface area contributed by atoms with Gasteiger partial charge in [-0.3, -0.25) is 9.59 Å². The molecule has 1 atom stereocenters. The fourth-order valence-electron chi connectivity index (χ4n) is 3.40. The third-order valence-corrected chi connectivity index (χ3v) is 6.82. The van der Waals surface area contributed by atoms with Crippen LogP contribution in [-0.2, 0) is 11.2 Å². The lowest BCUT2D eigenvalue weighted by atomic mass is 10.1. The van der Waals surface area contributed by atoms with Crippen molar-refractivity contribution in [3.63, 3.8) is 0 Å². The predicted octanol–water partition coefficient (Wildman–Crippen LogP) is 5.39. The monoisotopic (exact) mass is 481 g/mol. The van der Waals surface area contributed by atoms with E-state index in [1.807, 2.05) is 17.5 Å². The molecule has 0 saturated heterocycles. The Labute approximate surface area is 195 Å². The van der Waals surface area contributed by atoms with Gasteiger partial charge >= 0.3 is 5.97 Å². The number of rotatable bonds is 6. The van der Waals surface area contributed by atoms with Gasteiger partial charge in [0.15, 0.2) is 6.23 Å². The summed E-state index contributed by atoms with van der Waals surface area (Å²) in [6.07, 6.45) is -0.734. The van der Waals surface area contributed by atoms with Crippen molar-refractivity contribution in [1.29, 1.82) is 0 Å². The fraction of sp³-hybridized carbons (Fsp3) is 0.0870. The number of halogens is 1. The minimum atomic E-state index is -0.925. The number of carboxylic acid groups (broad SMARTS) is 1. The molecule has 2 aromatic heterocycles. The normalized spacial score (nSPS) is 14.3. The van der Waals surface area contributed by atoms with Crippen LogP contribution in [0.5, 0.6) is 5.75 Å². The summed E-state index contributed by atoms with van der Waals surface area (Å²) in [7, 11) is 0. The zero-order chi connectivity index (χ0) is 22.9. The molecule has 3 N–H and O–H groups in total. The van der Waals surface area contributed by atoms with Gasteiger partial charge in [0.25, 0.3) is 5.91 Å². The van der Waals surface area contributed by atoms with Crippen LogP contribution >= 0.6 is 22.7 Å². The van der Waals surface area contributed by atoms with Gasteiger partial charge < -0.3 is 20.5 Å². The summed E-state index contributed by atoms with van der Waals surface area (Å²) in [4.78, 5) is 28.8. The number of nitrogens with zero attached hydrogens (tertiary/aromatic N) is 1. The number of carboxylic acids is 1. The Bertz CT molecular complexity index is 1350. The Morgan fingerprint density at radius 2 is 2.06 bits per heavy atom. The van der Waals surface area contributed by atoms with E-state index in [-0.39, 0.29) is 17.8 Å². The molecule has 1 unspecified atom stereocenters. The largest absolute Gasteiger partial charge is 0.481 e. The zero-order valence-corrected chi connectivity index (χ0v) is 18.5. The van der Waals surface area contributed by atoms with Crippen LogP contribution in [0, 0.1) is 5.82 Å². The molecule has 0 aliphatic carbocycles. The van der Waals surface area contributed by atoms with Crippen molar-refractivity contribution in [3.8, 4) is 15.6 Å². The molecule has 7 nitrogen and oxygen atoms in total. The van der Waals surface area contributed by atoms with Crippen molar-refractivity contribution in [2.75, 3.05) is 10.6 Å². The first-order chi connectivity index (χ1) is 16.0. The number of nitrogens with one attached hydrogen (secondary N) is 2. The quantitative estimate of drug-likeness (QED) is 0.341. The molecule has 1 aliphatic rings. The van der Waals surface area contributed by atoms with E-state index >= 15 is 0 Å². The number of benzene rings is 2. The molecule has 0 fully saturated rings. The van der Waals surface area contributed by atoms with Crippen LogP contribution in [0.1, 0.15) is 27.8 Å². The first-order valence-electron chi connectivity index (χ1n) is 9.84. The number of thiazole rings is 1. The Hall–Kier alpha value is -3.76. The molecule has 5 rings (SSSR count). The van der Waals surface area contributed by atoms with Gasteiger partial charge in [0.2, 0.25) is 0 Å². The predicted molar refractivity (Wildman–Crippen MR) is 125 cm³/mol. The van der Waals surface area contributed by atoms with Crippen LogP contribution in [-0.4, -0.2) is 22.0 Å². The van der Waals surface area contributed by atoms with E-state index in [1.165, 1.54) is 34.8 Å². The van der Waals surface area contributed by atoms with E-state index in [4.69, 9.17) is 9.84 Å². The smallest absolute Gasteiger partial charge is 0.307 e. The summed E-state index contributed by atoms with van der Waals surface area (Å²) < 4.78 is 20.6. The second-order valence-electron chi connectivity index (χ2n) is 7.25. The molecular weight excluding hydrogens is 465 g/mol. The number of fused-ring (bicyclic) bond motifs is 1. The molecule has 10 heteroatoms. The second kappa shape index (κ2) is 8.64. The molecule has 166 valence electrons. The first-order valence-corrected chi connectivity index (χ1v) is 11.6. The lowest BCUT2D eigenvalue weighted by Crippen LogP contribution is -2.15. The van der Waals surface area contributed by atoms with Crippen LogP contribution in [0.25, 0.3) is 9.88 Å². The third kappa shape index (κ3) is 4.43. The summed E-state index contributed by atoms with van der Waals surface area (Å²) in [6.45, 7) is 0. The lowest BCUT2D eigenvalue weighted by Gasteiger charge is -2.13. The number of amides is 1. The lowest BCUT2D eigenvalue weighted by molar-refractivity contribution is -0.136. The van der Waals surface area contributed by atoms with Crippen LogP contribution in [0.4, 0.5) is 15.8 Å². The third-order valence-electron chi connectivity index (χ3n) is 4.94. The SMILES string of the molecule is O=C(O)Cc1ccc2c(c1)NC(c1ccc(NC(=O)c3csc(-c4cccs4)n3)c(F)c1)O2. The zero-order valence-electron chi connectivity index (χ0n) is 16.9. The maximum absolute atomic E-state index is 14.8. The van der Waals surface area contributed by atoms with Gasteiger partial charge in [0.05, 0.1) is 22.7 Å². The number of hydrogen-bond donors (Lipinski definition) is 3. The van der Waals surface area contributed by atoms with Crippen LogP contribution in [0.15, 0.2) is 59.3 Å².